The van der Waals surface area contributed by atoms with Gasteiger partial charge in [0.2, 0.25) is 5.88 Å². The number of hydrogen-bond donors (Lipinski definition) is 1. The molecule has 0 spiro atoms. The summed E-state index contributed by atoms with van der Waals surface area (Å²) in [6, 6.07) is 0. The van der Waals surface area contributed by atoms with Crippen LogP contribution in [0.15, 0.2) is 0 Å². The first-order valence-electron chi connectivity index (χ1n) is 4.53. The van der Waals surface area contributed by atoms with Crippen LogP contribution >= 0.6 is 0 Å². The molecule has 1 rings (SSSR count). The highest BCUT2D eigenvalue weighted by Crippen LogP contribution is 2.29. The zero-order chi connectivity index (χ0) is 10.0. The minimum atomic E-state index is 0.334. The number of nitrogen functional groups attached to an aromatic ring is 1. The maximum Gasteiger partial charge on any atom is 0.235 e. The minimum absolute atomic E-state index is 0.334. The molecule has 1 aromatic rings. The summed E-state index contributed by atoms with van der Waals surface area (Å²) >= 11 is 0. The van der Waals surface area contributed by atoms with E-state index in [1.807, 2.05) is 14.0 Å². The molecule has 74 valence electrons. The fraction of sp³-hybridized carbons (Fsp3) is 0.667. The molecule has 0 fully saturated rings. The van der Waals surface area contributed by atoms with Crippen LogP contribution in [0.1, 0.15) is 32.4 Å². The van der Waals surface area contributed by atoms with Gasteiger partial charge in [0.25, 0.3) is 0 Å². The molecule has 4 nitrogen and oxygen atoms in total. The lowest BCUT2D eigenvalue weighted by molar-refractivity contribution is 0.311. The molecule has 0 aromatic carbocycles. The van der Waals surface area contributed by atoms with Crippen LogP contribution < -0.4 is 10.5 Å². The van der Waals surface area contributed by atoms with Crippen LogP contribution in [0.5, 0.6) is 5.88 Å². The molecule has 0 saturated carbocycles. The molecule has 4 heteroatoms. The number of aryl methyl sites for hydroxylation is 1. The third-order valence-electron chi connectivity index (χ3n) is 1.89. The molecular formula is C9H17N3O. The van der Waals surface area contributed by atoms with Gasteiger partial charge in [0.1, 0.15) is 5.69 Å². The van der Waals surface area contributed by atoms with E-state index in [1.165, 1.54) is 0 Å². The Labute approximate surface area is 78.7 Å². The fourth-order valence-electron chi connectivity index (χ4n) is 1.28. The molecule has 0 bridgehead atoms. The Morgan fingerprint density at radius 3 is 2.54 bits per heavy atom. The van der Waals surface area contributed by atoms with Gasteiger partial charge in [0.15, 0.2) is 0 Å². The SMILES string of the molecule is CCOc1c(N)c(C(C)C)nn1C. The zero-order valence-electron chi connectivity index (χ0n) is 8.66. The van der Waals surface area contributed by atoms with Crippen LogP contribution in [0.2, 0.25) is 0 Å². The lowest BCUT2D eigenvalue weighted by Gasteiger charge is -2.03. The summed E-state index contributed by atoms with van der Waals surface area (Å²) in [5.41, 5.74) is 7.46. The second-order valence-electron chi connectivity index (χ2n) is 3.32. The van der Waals surface area contributed by atoms with Crippen molar-refractivity contribution in [3.63, 3.8) is 0 Å². The first-order chi connectivity index (χ1) is 6.07. The van der Waals surface area contributed by atoms with Gasteiger partial charge in [-0.2, -0.15) is 5.10 Å². The molecule has 0 saturated heterocycles. The lowest BCUT2D eigenvalue weighted by atomic mass is 10.1. The van der Waals surface area contributed by atoms with Gasteiger partial charge in [0.05, 0.1) is 12.3 Å². The second kappa shape index (κ2) is 3.68. The fourth-order valence-corrected chi connectivity index (χ4v) is 1.28. The summed E-state index contributed by atoms with van der Waals surface area (Å²) in [7, 11) is 1.84. The van der Waals surface area contributed by atoms with E-state index in [9.17, 15) is 0 Å². The van der Waals surface area contributed by atoms with Crippen LogP contribution in [0, 0.1) is 0 Å². The van der Waals surface area contributed by atoms with E-state index in [0.29, 0.717) is 24.1 Å². The number of aromatic nitrogens is 2. The van der Waals surface area contributed by atoms with Crippen molar-refractivity contribution in [2.45, 2.75) is 26.7 Å². The minimum Gasteiger partial charge on any atom is -0.477 e. The molecule has 2 N–H and O–H groups in total. The Balaban J connectivity index is 3.07. The number of rotatable bonds is 3. The summed E-state index contributed by atoms with van der Waals surface area (Å²) in [4.78, 5) is 0. The van der Waals surface area contributed by atoms with Crippen molar-refractivity contribution < 1.29 is 4.74 Å². The molecule has 1 aromatic heterocycles. The van der Waals surface area contributed by atoms with Gasteiger partial charge < -0.3 is 10.5 Å². The number of nitrogens with zero attached hydrogens (tertiary/aromatic N) is 2. The number of hydrogen-bond acceptors (Lipinski definition) is 3. The maximum absolute atomic E-state index is 5.88. The topological polar surface area (TPSA) is 53.1 Å². The molecule has 0 radical (unpaired) electrons. The predicted octanol–water partition coefficient (Wildman–Crippen LogP) is 1.52. The van der Waals surface area contributed by atoms with Gasteiger partial charge in [-0.3, -0.25) is 0 Å². The molecule has 0 aliphatic carbocycles. The van der Waals surface area contributed by atoms with Crippen LogP contribution in [-0.2, 0) is 7.05 Å². The smallest absolute Gasteiger partial charge is 0.235 e. The summed E-state index contributed by atoms with van der Waals surface area (Å²) < 4.78 is 7.06. The third-order valence-corrected chi connectivity index (χ3v) is 1.89. The normalized spacial score (nSPS) is 10.8. The van der Waals surface area contributed by atoms with Gasteiger partial charge in [-0.25, -0.2) is 4.68 Å². The highest BCUT2D eigenvalue weighted by Gasteiger charge is 2.16. The Morgan fingerprint density at radius 2 is 2.15 bits per heavy atom. The van der Waals surface area contributed by atoms with Gasteiger partial charge in [0, 0.05) is 7.05 Å². The maximum atomic E-state index is 5.88. The third kappa shape index (κ3) is 1.76. The quantitative estimate of drug-likeness (QED) is 0.773. The average molecular weight is 183 g/mol. The average Bonchev–Trinajstić information content (AvgIpc) is 2.32. The van der Waals surface area contributed by atoms with Crippen molar-refractivity contribution in [2.75, 3.05) is 12.3 Å². The highest BCUT2D eigenvalue weighted by atomic mass is 16.5. The van der Waals surface area contributed by atoms with Crippen LogP contribution in [0.4, 0.5) is 5.69 Å². The van der Waals surface area contributed by atoms with Crippen molar-refractivity contribution in [1.29, 1.82) is 0 Å². The van der Waals surface area contributed by atoms with E-state index >= 15 is 0 Å². The number of anilines is 1. The van der Waals surface area contributed by atoms with Crippen molar-refractivity contribution in [3.05, 3.63) is 5.69 Å². The van der Waals surface area contributed by atoms with Crippen LogP contribution in [-0.4, -0.2) is 16.4 Å². The zero-order valence-corrected chi connectivity index (χ0v) is 8.66. The van der Waals surface area contributed by atoms with E-state index in [2.05, 4.69) is 18.9 Å². The van der Waals surface area contributed by atoms with Crippen molar-refractivity contribution in [2.24, 2.45) is 7.05 Å². The molecule has 0 aliphatic rings. The summed E-state index contributed by atoms with van der Waals surface area (Å²) in [6.07, 6.45) is 0. The molecule has 1 heterocycles. The summed E-state index contributed by atoms with van der Waals surface area (Å²) in [5.74, 6) is 1.01. The van der Waals surface area contributed by atoms with E-state index in [-0.39, 0.29) is 0 Å². The summed E-state index contributed by atoms with van der Waals surface area (Å²) in [6.45, 7) is 6.67. The van der Waals surface area contributed by atoms with Gasteiger partial charge >= 0.3 is 0 Å². The first kappa shape index (κ1) is 9.89. The molecule has 13 heavy (non-hydrogen) atoms. The molecular weight excluding hydrogens is 166 g/mol. The van der Waals surface area contributed by atoms with Crippen LogP contribution in [0.25, 0.3) is 0 Å². The number of nitrogens with two attached hydrogens (primary N) is 1. The first-order valence-corrected chi connectivity index (χ1v) is 4.53. The standard InChI is InChI=1S/C9H17N3O/c1-5-13-9-7(10)8(6(2)3)11-12(9)4/h6H,5,10H2,1-4H3. The predicted molar refractivity (Wildman–Crippen MR) is 52.9 cm³/mol. The Bertz CT molecular complexity index is 291. The van der Waals surface area contributed by atoms with Gasteiger partial charge in [-0.05, 0) is 12.8 Å². The second-order valence-corrected chi connectivity index (χ2v) is 3.32. The van der Waals surface area contributed by atoms with Crippen LogP contribution in [0.3, 0.4) is 0 Å². The monoisotopic (exact) mass is 183 g/mol. The van der Waals surface area contributed by atoms with E-state index in [0.717, 1.165) is 5.69 Å². The van der Waals surface area contributed by atoms with Crippen molar-refractivity contribution >= 4 is 5.69 Å². The van der Waals surface area contributed by atoms with E-state index in [4.69, 9.17) is 10.5 Å². The van der Waals surface area contributed by atoms with Gasteiger partial charge in [-0.15, -0.1) is 0 Å². The Hall–Kier alpha value is -1.19. The van der Waals surface area contributed by atoms with Gasteiger partial charge in [-0.1, -0.05) is 13.8 Å². The van der Waals surface area contributed by atoms with E-state index in [1.54, 1.807) is 4.68 Å². The molecule has 0 amide bonds. The largest absolute Gasteiger partial charge is 0.477 e. The Kier molecular flexibility index (Phi) is 2.80. The number of ether oxygens (including phenoxy) is 1. The lowest BCUT2D eigenvalue weighted by Crippen LogP contribution is -2.00. The molecule has 0 atom stereocenters. The molecule has 0 unspecified atom stereocenters. The van der Waals surface area contributed by atoms with Crippen molar-refractivity contribution in [1.82, 2.24) is 9.78 Å². The summed E-state index contributed by atoms with van der Waals surface area (Å²) in [5, 5.41) is 4.29. The van der Waals surface area contributed by atoms with Crippen molar-refractivity contribution in [3.8, 4) is 5.88 Å². The highest BCUT2D eigenvalue weighted by molar-refractivity contribution is 5.54. The molecule has 0 aliphatic heterocycles. The Morgan fingerprint density at radius 1 is 1.54 bits per heavy atom. The van der Waals surface area contributed by atoms with E-state index < -0.39 is 0 Å².